The van der Waals surface area contributed by atoms with Gasteiger partial charge in [-0.25, -0.2) is 4.79 Å². The van der Waals surface area contributed by atoms with E-state index in [-0.39, 0.29) is 62.8 Å². The summed E-state index contributed by atoms with van der Waals surface area (Å²) in [6.45, 7) is 1.17. The number of carbonyl (C=O) groups excluding carboxylic acids is 2. The number of alkyl halides is 3. The molecule has 2 aliphatic rings. The molecule has 176 valence electrons. The molecule has 0 radical (unpaired) electrons. The third kappa shape index (κ3) is 6.01. The number of nitro groups is 1. The van der Waals surface area contributed by atoms with Crippen LogP contribution in [0.25, 0.3) is 0 Å². The first-order chi connectivity index (χ1) is 15.1. The van der Waals surface area contributed by atoms with E-state index in [1.54, 1.807) is 4.90 Å². The number of benzene rings is 1. The molecule has 1 aromatic rings. The molecule has 1 aliphatic carbocycles. The molecule has 12 heteroatoms. The highest BCUT2D eigenvalue weighted by Crippen LogP contribution is 2.36. The van der Waals surface area contributed by atoms with Crippen LogP contribution in [0.5, 0.6) is 0 Å². The number of hydrogen-bond donors (Lipinski definition) is 2. The van der Waals surface area contributed by atoms with E-state index in [2.05, 4.69) is 10.6 Å². The molecule has 9 nitrogen and oxygen atoms in total. The van der Waals surface area contributed by atoms with Crippen LogP contribution in [-0.2, 0) is 11.0 Å². The summed E-state index contributed by atoms with van der Waals surface area (Å²) in [6, 6.07) is 2.32. The Morgan fingerprint density at radius 2 is 1.78 bits per heavy atom. The summed E-state index contributed by atoms with van der Waals surface area (Å²) >= 11 is 0. The molecule has 0 unspecified atom stereocenters. The maximum absolute atomic E-state index is 12.9. The summed E-state index contributed by atoms with van der Waals surface area (Å²) in [4.78, 5) is 37.8. The predicted molar refractivity (Wildman–Crippen MR) is 110 cm³/mol. The van der Waals surface area contributed by atoms with Gasteiger partial charge in [0.05, 0.1) is 10.5 Å². The van der Waals surface area contributed by atoms with Crippen molar-refractivity contribution in [1.29, 1.82) is 0 Å². The molecule has 2 fully saturated rings. The average molecular weight is 457 g/mol. The number of piperazine rings is 1. The van der Waals surface area contributed by atoms with E-state index in [0.717, 1.165) is 37.8 Å². The molecule has 0 bridgehead atoms. The van der Waals surface area contributed by atoms with Crippen LogP contribution in [0, 0.1) is 10.1 Å². The second-order valence-corrected chi connectivity index (χ2v) is 7.96. The molecule has 3 amide bonds. The van der Waals surface area contributed by atoms with Gasteiger partial charge in [-0.1, -0.05) is 12.8 Å². The lowest BCUT2D eigenvalue weighted by molar-refractivity contribution is -0.384. The first-order valence-corrected chi connectivity index (χ1v) is 10.6. The summed E-state index contributed by atoms with van der Waals surface area (Å²) in [5, 5.41) is 16.9. The van der Waals surface area contributed by atoms with Gasteiger partial charge in [0.2, 0.25) is 5.91 Å². The van der Waals surface area contributed by atoms with Crippen molar-refractivity contribution in [3.63, 3.8) is 0 Å². The minimum absolute atomic E-state index is 0.0895. The van der Waals surface area contributed by atoms with Crippen molar-refractivity contribution in [3.8, 4) is 0 Å². The van der Waals surface area contributed by atoms with Crippen molar-refractivity contribution < 1.29 is 27.7 Å². The number of amides is 3. The third-order valence-electron chi connectivity index (χ3n) is 5.76. The lowest BCUT2D eigenvalue weighted by atomic mass is 10.1. The Morgan fingerprint density at radius 3 is 2.38 bits per heavy atom. The van der Waals surface area contributed by atoms with Gasteiger partial charge in [-0.3, -0.25) is 14.9 Å². The Labute approximate surface area is 183 Å². The Balaban J connectivity index is 1.48. The number of anilines is 1. The second kappa shape index (κ2) is 10.0. The van der Waals surface area contributed by atoms with Crippen LogP contribution in [0.2, 0.25) is 0 Å². The molecule has 1 aliphatic heterocycles. The van der Waals surface area contributed by atoms with E-state index in [1.807, 2.05) is 0 Å². The lowest BCUT2D eigenvalue weighted by Crippen LogP contribution is -2.52. The molecule has 1 heterocycles. The molecular weight excluding hydrogens is 431 g/mol. The minimum Gasteiger partial charge on any atom is -0.362 e. The van der Waals surface area contributed by atoms with Gasteiger partial charge in [0.15, 0.2) is 0 Å². The summed E-state index contributed by atoms with van der Waals surface area (Å²) in [7, 11) is 0. The Bertz CT molecular complexity index is 850. The van der Waals surface area contributed by atoms with Crippen LogP contribution in [-0.4, -0.2) is 60.5 Å². The number of hydrogen-bond acceptors (Lipinski definition) is 5. The lowest BCUT2D eigenvalue weighted by Gasteiger charge is -2.35. The fourth-order valence-corrected chi connectivity index (χ4v) is 4.03. The Morgan fingerprint density at radius 1 is 1.12 bits per heavy atom. The summed E-state index contributed by atoms with van der Waals surface area (Å²) < 4.78 is 38.7. The molecule has 2 N–H and O–H groups in total. The average Bonchev–Trinajstić information content (AvgIpc) is 3.25. The van der Waals surface area contributed by atoms with Gasteiger partial charge in [-0.2, -0.15) is 13.2 Å². The van der Waals surface area contributed by atoms with Gasteiger partial charge in [-0.15, -0.1) is 0 Å². The SMILES string of the molecule is O=C(CCNC(=O)N1CCN(c2ccc(C(F)(F)F)cc2[N+](=O)[O-])CC1)NC1CCCC1. The maximum atomic E-state index is 12.9. The number of carbonyl (C=O) groups is 2. The van der Waals surface area contributed by atoms with E-state index < -0.39 is 22.4 Å². The fourth-order valence-electron chi connectivity index (χ4n) is 4.03. The molecule has 0 spiro atoms. The normalized spacial score (nSPS) is 17.3. The smallest absolute Gasteiger partial charge is 0.362 e. The van der Waals surface area contributed by atoms with Crippen molar-refractivity contribution >= 4 is 23.3 Å². The van der Waals surface area contributed by atoms with Crippen LogP contribution in [0.4, 0.5) is 29.3 Å². The zero-order chi connectivity index (χ0) is 23.3. The third-order valence-corrected chi connectivity index (χ3v) is 5.76. The van der Waals surface area contributed by atoms with Crippen LogP contribution >= 0.6 is 0 Å². The molecule has 32 heavy (non-hydrogen) atoms. The molecule has 1 saturated heterocycles. The first-order valence-electron chi connectivity index (χ1n) is 10.6. The number of nitrogens with zero attached hydrogens (tertiary/aromatic N) is 3. The number of rotatable bonds is 6. The minimum atomic E-state index is -4.67. The molecule has 3 rings (SSSR count). The van der Waals surface area contributed by atoms with Crippen molar-refractivity contribution in [2.24, 2.45) is 0 Å². The van der Waals surface area contributed by atoms with Crippen LogP contribution < -0.4 is 15.5 Å². The summed E-state index contributed by atoms with van der Waals surface area (Å²) in [5.74, 6) is -0.100. The second-order valence-electron chi connectivity index (χ2n) is 7.96. The van der Waals surface area contributed by atoms with E-state index >= 15 is 0 Å². The van der Waals surface area contributed by atoms with Gasteiger partial charge >= 0.3 is 12.2 Å². The Kier molecular flexibility index (Phi) is 7.41. The molecule has 1 aromatic carbocycles. The van der Waals surface area contributed by atoms with Crippen LogP contribution in [0.3, 0.4) is 0 Å². The Hall–Kier alpha value is -3.05. The number of nitro benzene ring substituents is 1. The number of urea groups is 1. The van der Waals surface area contributed by atoms with Gasteiger partial charge in [0, 0.05) is 51.3 Å². The van der Waals surface area contributed by atoms with Gasteiger partial charge in [0.1, 0.15) is 5.69 Å². The first kappa shape index (κ1) is 23.6. The summed E-state index contributed by atoms with van der Waals surface area (Å²) in [5.41, 5.74) is -1.61. The maximum Gasteiger partial charge on any atom is 0.416 e. The monoisotopic (exact) mass is 457 g/mol. The predicted octanol–water partition coefficient (Wildman–Crippen LogP) is 2.89. The zero-order valence-electron chi connectivity index (χ0n) is 17.5. The van der Waals surface area contributed by atoms with Crippen LogP contribution in [0.1, 0.15) is 37.7 Å². The van der Waals surface area contributed by atoms with Crippen molar-refractivity contribution in [2.45, 2.75) is 44.3 Å². The largest absolute Gasteiger partial charge is 0.416 e. The molecule has 0 aromatic heterocycles. The van der Waals surface area contributed by atoms with Crippen molar-refractivity contribution in [1.82, 2.24) is 15.5 Å². The topological polar surface area (TPSA) is 108 Å². The van der Waals surface area contributed by atoms with E-state index in [0.29, 0.717) is 6.07 Å². The van der Waals surface area contributed by atoms with E-state index in [1.165, 1.54) is 4.90 Å². The highest BCUT2D eigenvalue weighted by atomic mass is 19.4. The quantitative estimate of drug-likeness (QED) is 0.505. The highest BCUT2D eigenvalue weighted by molar-refractivity contribution is 5.78. The molecular formula is C20H26F3N5O4. The summed E-state index contributed by atoms with van der Waals surface area (Å²) in [6.07, 6.45) is -0.292. The highest BCUT2D eigenvalue weighted by Gasteiger charge is 2.34. The van der Waals surface area contributed by atoms with E-state index in [4.69, 9.17) is 0 Å². The van der Waals surface area contributed by atoms with Crippen molar-refractivity contribution in [2.75, 3.05) is 37.6 Å². The molecule has 1 saturated carbocycles. The molecule has 0 atom stereocenters. The van der Waals surface area contributed by atoms with Gasteiger partial charge in [0.25, 0.3) is 5.69 Å². The van der Waals surface area contributed by atoms with Crippen molar-refractivity contribution in [3.05, 3.63) is 33.9 Å². The van der Waals surface area contributed by atoms with Gasteiger partial charge < -0.3 is 20.4 Å². The number of halogens is 3. The zero-order valence-corrected chi connectivity index (χ0v) is 17.5. The van der Waals surface area contributed by atoms with E-state index in [9.17, 15) is 32.9 Å². The van der Waals surface area contributed by atoms with Gasteiger partial charge in [-0.05, 0) is 25.0 Å². The number of nitrogens with one attached hydrogen (secondary N) is 2. The fraction of sp³-hybridized carbons (Fsp3) is 0.600. The van der Waals surface area contributed by atoms with Crippen LogP contribution in [0.15, 0.2) is 18.2 Å². The standard InChI is InChI=1S/C20H26F3N5O4/c21-20(22,23)14-5-6-16(17(13-14)28(31)32)26-9-11-27(12-10-26)19(30)24-8-7-18(29)25-15-3-1-2-4-15/h5-6,13,15H,1-4,7-12H2,(H,24,30)(H,25,29).